The van der Waals surface area contributed by atoms with E-state index in [-0.39, 0.29) is 0 Å². The minimum atomic E-state index is -0.443. The molecule has 1 aliphatic carbocycles. The molecule has 0 spiro atoms. The van der Waals surface area contributed by atoms with Crippen LogP contribution in [-0.4, -0.2) is 54.7 Å². The van der Waals surface area contributed by atoms with Gasteiger partial charge in [-0.25, -0.2) is 0 Å². The van der Waals surface area contributed by atoms with Crippen molar-refractivity contribution < 1.29 is 5.11 Å². The van der Waals surface area contributed by atoms with E-state index < -0.39 is 6.10 Å². The van der Waals surface area contributed by atoms with Gasteiger partial charge < -0.3 is 15.7 Å². The van der Waals surface area contributed by atoms with Gasteiger partial charge >= 0.3 is 0 Å². The fraction of sp³-hybridized carbons (Fsp3) is 0.632. The van der Waals surface area contributed by atoms with Crippen molar-refractivity contribution in [1.29, 1.82) is 0 Å². The number of nitrogens with one attached hydrogen (secondary N) is 2. The molecule has 134 valence electrons. The first-order valence-corrected chi connectivity index (χ1v) is 9.09. The standard InChI is InChI=1S/C19H32N4O/c1-4-20-19(22-14-15(2)23(3)17-10-11-17)21-13-12-18(24)16-8-6-5-7-9-16/h5-9,15,17-18,24H,4,10-14H2,1-3H3,(H2,20,21,22). The fourth-order valence-electron chi connectivity index (χ4n) is 2.70. The van der Waals surface area contributed by atoms with E-state index in [2.05, 4.69) is 41.4 Å². The zero-order chi connectivity index (χ0) is 17.4. The monoisotopic (exact) mass is 332 g/mol. The maximum absolute atomic E-state index is 10.2. The summed E-state index contributed by atoms with van der Waals surface area (Å²) in [7, 11) is 2.19. The van der Waals surface area contributed by atoms with E-state index >= 15 is 0 Å². The van der Waals surface area contributed by atoms with Crippen LogP contribution in [0.4, 0.5) is 0 Å². The number of aliphatic hydroxyl groups excluding tert-OH is 1. The highest BCUT2D eigenvalue weighted by Gasteiger charge is 2.28. The SMILES string of the molecule is CCNC(=NCC(C)N(C)C1CC1)NCCC(O)c1ccccc1. The molecule has 1 aromatic carbocycles. The van der Waals surface area contributed by atoms with Gasteiger partial charge in [0.2, 0.25) is 0 Å². The summed E-state index contributed by atoms with van der Waals surface area (Å²) >= 11 is 0. The molecule has 0 radical (unpaired) electrons. The Labute approximate surface area is 146 Å². The van der Waals surface area contributed by atoms with Crippen LogP contribution in [0.3, 0.4) is 0 Å². The van der Waals surface area contributed by atoms with Crippen LogP contribution in [-0.2, 0) is 0 Å². The molecular formula is C19H32N4O. The molecule has 1 saturated carbocycles. The molecule has 0 amide bonds. The summed E-state index contributed by atoms with van der Waals surface area (Å²) in [4.78, 5) is 7.11. The van der Waals surface area contributed by atoms with Gasteiger partial charge in [0.05, 0.1) is 12.6 Å². The smallest absolute Gasteiger partial charge is 0.191 e. The molecule has 5 heteroatoms. The van der Waals surface area contributed by atoms with Crippen molar-refractivity contribution in [2.24, 2.45) is 4.99 Å². The van der Waals surface area contributed by atoms with Gasteiger partial charge in [-0.15, -0.1) is 0 Å². The second kappa shape index (κ2) is 9.64. The second-order valence-corrected chi connectivity index (χ2v) is 6.61. The van der Waals surface area contributed by atoms with E-state index in [9.17, 15) is 5.11 Å². The molecular weight excluding hydrogens is 300 g/mol. The van der Waals surface area contributed by atoms with Gasteiger partial charge in [-0.1, -0.05) is 30.3 Å². The van der Waals surface area contributed by atoms with Crippen molar-refractivity contribution in [3.63, 3.8) is 0 Å². The second-order valence-electron chi connectivity index (χ2n) is 6.61. The number of aliphatic imine (C=N–C) groups is 1. The average molecular weight is 332 g/mol. The Morgan fingerprint density at radius 2 is 2.00 bits per heavy atom. The first-order valence-electron chi connectivity index (χ1n) is 9.09. The minimum absolute atomic E-state index is 0.443. The number of aliphatic hydroxyl groups is 1. The topological polar surface area (TPSA) is 59.9 Å². The lowest BCUT2D eigenvalue weighted by molar-refractivity contribution is 0.168. The van der Waals surface area contributed by atoms with E-state index in [1.807, 2.05) is 30.3 Å². The predicted molar refractivity (Wildman–Crippen MR) is 100 cm³/mol. The van der Waals surface area contributed by atoms with E-state index in [0.717, 1.165) is 30.7 Å². The molecule has 2 unspecified atom stereocenters. The highest BCUT2D eigenvalue weighted by molar-refractivity contribution is 5.79. The van der Waals surface area contributed by atoms with Crippen LogP contribution >= 0.6 is 0 Å². The van der Waals surface area contributed by atoms with Crippen molar-refractivity contribution in [3.8, 4) is 0 Å². The molecule has 1 aromatic rings. The first-order chi connectivity index (χ1) is 11.6. The van der Waals surface area contributed by atoms with Crippen LogP contribution < -0.4 is 10.6 Å². The van der Waals surface area contributed by atoms with Crippen molar-refractivity contribution in [3.05, 3.63) is 35.9 Å². The van der Waals surface area contributed by atoms with E-state index in [0.29, 0.717) is 19.0 Å². The predicted octanol–water partition coefficient (Wildman–Crippen LogP) is 2.15. The number of nitrogens with zero attached hydrogens (tertiary/aromatic N) is 2. The zero-order valence-electron chi connectivity index (χ0n) is 15.2. The molecule has 0 saturated heterocycles. The summed E-state index contributed by atoms with van der Waals surface area (Å²) in [5.41, 5.74) is 0.959. The highest BCUT2D eigenvalue weighted by Crippen LogP contribution is 2.26. The molecule has 24 heavy (non-hydrogen) atoms. The molecule has 0 heterocycles. The lowest BCUT2D eigenvalue weighted by Crippen LogP contribution is -2.40. The van der Waals surface area contributed by atoms with Gasteiger partial charge in [0, 0.05) is 25.2 Å². The maximum atomic E-state index is 10.2. The maximum Gasteiger partial charge on any atom is 0.191 e. The van der Waals surface area contributed by atoms with Gasteiger partial charge in [-0.2, -0.15) is 0 Å². The van der Waals surface area contributed by atoms with Crippen LogP contribution in [0.15, 0.2) is 35.3 Å². The Hall–Kier alpha value is -1.59. The highest BCUT2D eigenvalue weighted by atomic mass is 16.3. The number of benzene rings is 1. The normalized spacial score (nSPS) is 17.6. The summed E-state index contributed by atoms with van der Waals surface area (Å²) in [6, 6.07) is 11.0. The molecule has 1 aliphatic rings. The zero-order valence-corrected chi connectivity index (χ0v) is 15.2. The van der Waals surface area contributed by atoms with Gasteiger partial charge in [0.25, 0.3) is 0 Å². The third kappa shape index (κ3) is 6.13. The minimum Gasteiger partial charge on any atom is -0.388 e. The molecule has 5 nitrogen and oxygen atoms in total. The molecule has 0 bridgehead atoms. The molecule has 0 aromatic heterocycles. The number of guanidine groups is 1. The van der Waals surface area contributed by atoms with Crippen LogP contribution in [0.2, 0.25) is 0 Å². The van der Waals surface area contributed by atoms with Crippen LogP contribution in [0.5, 0.6) is 0 Å². The van der Waals surface area contributed by atoms with Crippen molar-refractivity contribution in [1.82, 2.24) is 15.5 Å². The summed E-state index contributed by atoms with van der Waals surface area (Å²) in [6.07, 6.45) is 2.86. The van der Waals surface area contributed by atoms with Gasteiger partial charge in [0.1, 0.15) is 0 Å². The number of rotatable bonds is 9. The lowest BCUT2D eigenvalue weighted by Gasteiger charge is -2.23. The first kappa shape index (κ1) is 18.7. The Bertz CT molecular complexity index is 501. The van der Waals surface area contributed by atoms with Gasteiger partial charge in [-0.3, -0.25) is 9.89 Å². The Morgan fingerprint density at radius 1 is 1.29 bits per heavy atom. The molecule has 3 N–H and O–H groups in total. The van der Waals surface area contributed by atoms with Crippen molar-refractivity contribution >= 4 is 5.96 Å². The Balaban J connectivity index is 1.76. The Kier molecular flexibility index (Phi) is 7.53. The van der Waals surface area contributed by atoms with E-state index in [1.165, 1.54) is 12.8 Å². The Morgan fingerprint density at radius 3 is 2.62 bits per heavy atom. The summed E-state index contributed by atoms with van der Waals surface area (Å²) in [5, 5.41) is 16.8. The van der Waals surface area contributed by atoms with Crippen LogP contribution in [0, 0.1) is 0 Å². The average Bonchev–Trinajstić information content (AvgIpc) is 3.44. The van der Waals surface area contributed by atoms with Crippen molar-refractivity contribution in [2.45, 2.75) is 51.3 Å². The van der Waals surface area contributed by atoms with Crippen LogP contribution in [0.1, 0.15) is 44.8 Å². The molecule has 2 rings (SSSR count). The molecule has 0 aliphatic heterocycles. The molecule has 2 atom stereocenters. The van der Waals surface area contributed by atoms with Gasteiger partial charge in [0.15, 0.2) is 5.96 Å². The molecule has 1 fully saturated rings. The number of hydrogen-bond donors (Lipinski definition) is 3. The third-order valence-corrected chi connectivity index (χ3v) is 4.57. The van der Waals surface area contributed by atoms with E-state index in [4.69, 9.17) is 0 Å². The van der Waals surface area contributed by atoms with Gasteiger partial charge in [-0.05, 0) is 45.7 Å². The quantitative estimate of drug-likeness (QED) is 0.479. The summed E-state index contributed by atoms with van der Waals surface area (Å²) in [5.74, 6) is 0.828. The lowest BCUT2D eigenvalue weighted by atomic mass is 10.1. The summed E-state index contributed by atoms with van der Waals surface area (Å²) in [6.45, 7) is 6.60. The third-order valence-electron chi connectivity index (χ3n) is 4.57. The number of hydrogen-bond acceptors (Lipinski definition) is 3. The van der Waals surface area contributed by atoms with Crippen molar-refractivity contribution in [2.75, 3.05) is 26.7 Å². The number of likely N-dealkylation sites (N-methyl/N-ethyl adjacent to an activating group) is 1. The van der Waals surface area contributed by atoms with Crippen LogP contribution in [0.25, 0.3) is 0 Å². The fourth-order valence-corrected chi connectivity index (χ4v) is 2.70. The van der Waals surface area contributed by atoms with E-state index in [1.54, 1.807) is 0 Å². The largest absolute Gasteiger partial charge is 0.388 e. The summed E-state index contributed by atoms with van der Waals surface area (Å²) < 4.78 is 0.